The maximum atomic E-state index is 10.7. The number of hydrogen-bond acceptors (Lipinski definition) is 4. The van der Waals surface area contributed by atoms with E-state index in [4.69, 9.17) is 15.6 Å². The van der Waals surface area contributed by atoms with Gasteiger partial charge in [0.25, 0.3) is 0 Å². The molecule has 2 unspecified atom stereocenters. The average molecular weight is 250 g/mol. The highest BCUT2D eigenvalue weighted by molar-refractivity contribution is 5.73. The lowest BCUT2D eigenvalue weighted by Crippen LogP contribution is -2.32. The van der Waals surface area contributed by atoms with Crippen molar-refractivity contribution in [3.8, 4) is 0 Å². The maximum Gasteiger partial charge on any atom is 0.320 e. The van der Waals surface area contributed by atoms with E-state index in [-0.39, 0.29) is 6.23 Å². The SMILES string of the molecule is NC(Cc1ccc(CC2NCCO2)cc1)C(=O)O. The molecule has 4 N–H and O–H groups in total. The lowest BCUT2D eigenvalue weighted by molar-refractivity contribution is -0.138. The fourth-order valence-corrected chi connectivity index (χ4v) is 1.98. The van der Waals surface area contributed by atoms with Crippen LogP contribution in [0.15, 0.2) is 24.3 Å². The molecular formula is C13H18N2O3. The van der Waals surface area contributed by atoms with Crippen LogP contribution in [0, 0.1) is 0 Å². The zero-order valence-electron chi connectivity index (χ0n) is 10.1. The molecule has 0 aliphatic carbocycles. The van der Waals surface area contributed by atoms with Gasteiger partial charge in [0, 0.05) is 13.0 Å². The van der Waals surface area contributed by atoms with Crippen molar-refractivity contribution in [3.63, 3.8) is 0 Å². The summed E-state index contributed by atoms with van der Waals surface area (Å²) < 4.78 is 5.47. The van der Waals surface area contributed by atoms with Gasteiger partial charge < -0.3 is 15.6 Å². The van der Waals surface area contributed by atoms with Crippen molar-refractivity contribution in [1.29, 1.82) is 0 Å². The third-order valence-corrected chi connectivity index (χ3v) is 3.01. The van der Waals surface area contributed by atoms with Gasteiger partial charge in [0.2, 0.25) is 0 Å². The third-order valence-electron chi connectivity index (χ3n) is 3.01. The van der Waals surface area contributed by atoms with Crippen molar-refractivity contribution in [1.82, 2.24) is 5.32 Å². The molecule has 2 rings (SSSR count). The summed E-state index contributed by atoms with van der Waals surface area (Å²) in [6.07, 6.45) is 1.27. The normalized spacial score (nSPS) is 20.8. The first-order valence-electron chi connectivity index (χ1n) is 6.06. The lowest BCUT2D eigenvalue weighted by Gasteiger charge is -2.11. The van der Waals surface area contributed by atoms with Gasteiger partial charge in [-0.15, -0.1) is 0 Å². The van der Waals surface area contributed by atoms with Gasteiger partial charge in [-0.3, -0.25) is 10.1 Å². The Morgan fingerprint density at radius 1 is 1.44 bits per heavy atom. The minimum atomic E-state index is -0.970. The van der Waals surface area contributed by atoms with E-state index < -0.39 is 12.0 Å². The fraction of sp³-hybridized carbons (Fsp3) is 0.462. The molecule has 5 nitrogen and oxygen atoms in total. The van der Waals surface area contributed by atoms with E-state index in [0.717, 1.165) is 25.1 Å². The standard InChI is InChI=1S/C13H18N2O3/c14-11(13(16)17)7-9-1-3-10(4-2-9)8-12-15-5-6-18-12/h1-4,11-12,15H,5-8,14H2,(H,16,17). The number of ether oxygens (including phenoxy) is 1. The molecule has 1 aliphatic rings. The van der Waals surface area contributed by atoms with E-state index in [2.05, 4.69) is 5.32 Å². The summed E-state index contributed by atoms with van der Waals surface area (Å²) in [6, 6.07) is 7.00. The molecule has 1 saturated heterocycles. The number of hydrogen-bond donors (Lipinski definition) is 3. The molecule has 1 fully saturated rings. The van der Waals surface area contributed by atoms with E-state index in [1.54, 1.807) is 0 Å². The number of carbonyl (C=O) groups is 1. The van der Waals surface area contributed by atoms with Crippen LogP contribution in [0.3, 0.4) is 0 Å². The average Bonchev–Trinajstić information content (AvgIpc) is 2.84. The van der Waals surface area contributed by atoms with Gasteiger partial charge >= 0.3 is 5.97 Å². The summed E-state index contributed by atoms with van der Waals surface area (Å²) in [5, 5.41) is 12.0. The molecule has 0 bridgehead atoms. The van der Waals surface area contributed by atoms with Crippen molar-refractivity contribution < 1.29 is 14.6 Å². The Morgan fingerprint density at radius 3 is 2.67 bits per heavy atom. The van der Waals surface area contributed by atoms with Gasteiger partial charge in [-0.05, 0) is 17.5 Å². The molecule has 0 spiro atoms. The topological polar surface area (TPSA) is 84.6 Å². The molecule has 18 heavy (non-hydrogen) atoms. The van der Waals surface area contributed by atoms with Crippen LogP contribution < -0.4 is 11.1 Å². The Morgan fingerprint density at radius 2 is 2.11 bits per heavy atom. The first-order valence-corrected chi connectivity index (χ1v) is 6.06. The van der Waals surface area contributed by atoms with Crippen molar-refractivity contribution in [3.05, 3.63) is 35.4 Å². The number of nitrogens with two attached hydrogens (primary N) is 1. The first-order chi connectivity index (χ1) is 8.65. The smallest absolute Gasteiger partial charge is 0.320 e. The summed E-state index contributed by atoms with van der Waals surface area (Å²) in [5.41, 5.74) is 7.60. The third kappa shape index (κ3) is 3.53. The maximum absolute atomic E-state index is 10.7. The molecule has 1 heterocycles. The molecule has 5 heteroatoms. The molecule has 0 saturated carbocycles. The van der Waals surface area contributed by atoms with Crippen molar-refractivity contribution in [2.45, 2.75) is 25.1 Å². The largest absolute Gasteiger partial charge is 0.480 e. The first kappa shape index (κ1) is 13.0. The molecule has 0 aromatic heterocycles. The molecule has 0 radical (unpaired) electrons. The van der Waals surface area contributed by atoms with Gasteiger partial charge in [0.15, 0.2) is 0 Å². The predicted molar refractivity (Wildman–Crippen MR) is 67.2 cm³/mol. The highest BCUT2D eigenvalue weighted by atomic mass is 16.5. The van der Waals surface area contributed by atoms with Crippen LogP contribution in [0.25, 0.3) is 0 Å². The summed E-state index contributed by atoms with van der Waals surface area (Å²) in [7, 11) is 0. The fourth-order valence-electron chi connectivity index (χ4n) is 1.98. The zero-order valence-corrected chi connectivity index (χ0v) is 10.1. The van der Waals surface area contributed by atoms with Crippen LogP contribution in [0.4, 0.5) is 0 Å². The zero-order chi connectivity index (χ0) is 13.0. The second-order valence-corrected chi connectivity index (χ2v) is 4.48. The molecule has 0 amide bonds. The van der Waals surface area contributed by atoms with E-state index in [0.29, 0.717) is 6.42 Å². The lowest BCUT2D eigenvalue weighted by atomic mass is 10.0. The van der Waals surface area contributed by atoms with Gasteiger partial charge in [0.05, 0.1) is 6.61 Å². The number of aliphatic carboxylic acids is 1. The number of benzene rings is 1. The Labute approximate surface area is 106 Å². The second-order valence-electron chi connectivity index (χ2n) is 4.48. The van der Waals surface area contributed by atoms with Gasteiger partial charge in [-0.25, -0.2) is 0 Å². The van der Waals surface area contributed by atoms with E-state index in [9.17, 15) is 4.79 Å². The highest BCUT2D eigenvalue weighted by Crippen LogP contribution is 2.10. The molecule has 1 aliphatic heterocycles. The number of carboxylic acids is 1. The summed E-state index contributed by atoms with van der Waals surface area (Å²) in [6.45, 7) is 1.66. The number of nitrogens with one attached hydrogen (secondary N) is 1. The molecule has 1 aromatic rings. The van der Waals surface area contributed by atoms with Crippen molar-refractivity contribution in [2.24, 2.45) is 5.73 Å². The van der Waals surface area contributed by atoms with Gasteiger partial charge in [0.1, 0.15) is 12.3 Å². The van der Waals surface area contributed by atoms with Gasteiger partial charge in [-0.2, -0.15) is 0 Å². The van der Waals surface area contributed by atoms with Crippen LogP contribution in [0.5, 0.6) is 0 Å². The highest BCUT2D eigenvalue weighted by Gasteiger charge is 2.15. The second kappa shape index (κ2) is 5.95. The summed E-state index contributed by atoms with van der Waals surface area (Å²) in [4.78, 5) is 10.7. The van der Waals surface area contributed by atoms with Crippen molar-refractivity contribution >= 4 is 5.97 Å². The van der Waals surface area contributed by atoms with E-state index in [1.165, 1.54) is 5.56 Å². The Bertz CT molecular complexity index is 399. The Kier molecular flexibility index (Phi) is 4.30. The van der Waals surface area contributed by atoms with Crippen LogP contribution in [-0.4, -0.2) is 36.5 Å². The molecule has 1 aromatic carbocycles. The van der Waals surface area contributed by atoms with Crippen LogP contribution in [-0.2, 0) is 22.4 Å². The number of carboxylic acid groups (broad SMARTS) is 1. The van der Waals surface area contributed by atoms with Crippen LogP contribution in [0.1, 0.15) is 11.1 Å². The minimum absolute atomic E-state index is 0.0946. The Balaban J connectivity index is 1.90. The van der Waals surface area contributed by atoms with Crippen molar-refractivity contribution in [2.75, 3.05) is 13.2 Å². The minimum Gasteiger partial charge on any atom is -0.480 e. The van der Waals surface area contributed by atoms with Gasteiger partial charge in [-0.1, -0.05) is 24.3 Å². The molecule has 98 valence electrons. The van der Waals surface area contributed by atoms with Crippen LogP contribution in [0.2, 0.25) is 0 Å². The summed E-state index contributed by atoms with van der Waals surface area (Å²) >= 11 is 0. The molecule has 2 atom stereocenters. The molecular weight excluding hydrogens is 232 g/mol. The number of rotatable bonds is 5. The predicted octanol–water partition coefficient (Wildman–Crippen LogP) is 0.129. The summed E-state index contributed by atoms with van der Waals surface area (Å²) in [5.74, 6) is -0.970. The monoisotopic (exact) mass is 250 g/mol. The van der Waals surface area contributed by atoms with E-state index in [1.807, 2.05) is 24.3 Å². The van der Waals surface area contributed by atoms with E-state index >= 15 is 0 Å². The Hall–Kier alpha value is -1.43. The van der Waals surface area contributed by atoms with Crippen LogP contribution >= 0.6 is 0 Å². The quantitative estimate of drug-likeness (QED) is 0.691.